The van der Waals surface area contributed by atoms with E-state index in [9.17, 15) is 0 Å². The monoisotopic (exact) mass is 262 g/mol. The van der Waals surface area contributed by atoms with Crippen LogP contribution in [0.3, 0.4) is 0 Å². The SMILES string of the molecule is [Mg+2].[O]=[Mn](=[O])(=[O])[O-].[O]=[Mn](=[O])(=[O])[O-]. The predicted octanol–water partition coefficient (Wildman–Crippen LogP) is -3.48. The van der Waals surface area contributed by atoms with E-state index in [1.54, 1.807) is 0 Å². The minimum atomic E-state index is -5.62. The van der Waals surface area contributed by atoms with Gasteiger partial charge < -0.3 is 0 Å². The third-order valence-electron chi connectivity index (χ3n) is 0. The van der Waals surface area contributed by atoms with Gasteiger partial charge in [-0.1, -0.05) is 0 Å². The van der Waals surface area contributed by atoms with Crippen molar-refractivity contribution in [2.45, 2.75) is 0 Å². The Morgan fingerprint density at radius 1 is 0.636 bits per heavy atom. The van der Waals surface area contributed by atoms with Crippen LogP contribution in [0.2, 0.25) is 0 Å². The van der Waals surface area contributed by atoms with Gasteiger partial charge >= 0.3 is 80.4 Å². The molecule has 0 aromatic carbocycles. The minimum absolute atomic E-state index is 0. The molecule has 8 nitrogen and oxygen atoms in total. The van der Waals surface area contributed by atoms with Gasteiger partial charge in [0, 0.05) is 0 Å². The van der Waals surface area contributed by atoms with E-state index < -0.39 is 25.9 Å². The molecule has 11 heteroatoms. The van der Waals surface area contributed by atoms with Crippen LogP contribution in [0.5, 0.6) is 0 Å². The van der Waals surface area contributed by atoms with Crippen molar-refractivity contribution >= 4 is 23.1 Å². The van der Waals surface area contributed by atoms with Crippen LogP contribution < -0.4 is 8.38 Å². The first kappa shape index (κ1) is 17.6. The van der Waals surface area contributed by atoms with Crippen LogP contribution in [0.4, 0.5) is 0 Å². The van der Waals surface area contributed by atoms with Gasteiger partial charge in [0.05, 0.1) is 0 Å². The molecule has 0 N–H and O–H groups in total. The Morgan fingerprint density at radius 2 is 0.636 bits per heavy atom. The van der Waals surface area contributed by atoms with Gasteiger partial charge in [0.25, 0.3) is 0 Å². The first-order valence-electron chi connectivity index (χ1n) is 1.23. The van der Waals surface area contributed by atoms with Crippen LogP contribution in [-0.4, -0.2) is 23.1 Å². The van der Waals surface area contributed by atoms with Gasteiger partial charge in [-0.05, 0) is 0 Å². The summed E-state index contributed by atoms with van der Waals surface area (Å²) in [5.74, 6) is 0. The van der Waals surface area contributed by atoms with E-state index in [4.69, 9.17) is 31.4 Å². The van der Waals surface area contributed by atoms with Crippen LogP contribution in [0.15, 0.2) is 0 Å². The number of rotatable bonds is 0. The summed E-state index contributed by atoms with van der Waals surface area (Å²) >= 11 is -11.2. The molecule has 0 spiro atoms. The summed E-state index contributed by atoms with van der Waals surface area (Å²) in [5.41, 5.74) is 0. The molecule has 0 radical (unpaired) electrons. The zero-order valence-electron chi connectivity index (χ0n) is 4.73. The predicted molar refractivity (Wildman–Crippen MR) is 9.87 cm³/mol. The molecule has 0 saturated carbocycles. The maximum absolute atomic E-state index is 8.58. The van der Waals surface area contributed by atoms with Crippen molar-refractivity contribution in [2.24, 2.45) is 0 Å². The van der Waals surface area contributed by atoms with Gasteiger partial charge in [0.15, 0.2) is 0 Å². The topological polar surface area (TPSA) is 149 Å². The molecule has 0 aliphatic rings. The fraction of sp³-hybridized carbons (Fsp3) is 0. The molecule has 0 bridgehead atoms. The summed E-state index contributed by atoms with van der Waals surface area (Å²) in [6, 6.07) is 0. The molecule has 0 amide bonds. The van der Waals surface area contributed by atoms with Crippen molar-refractivity contribution in [2.75, 3.05) is 0 Å². The van der Waals surface area contributed by atoms with E-state index in [-0.39, 0.29) is 23.1 Å². The molecule has 0 aliphatic carbocycles. The normalized spacial score (nSPS) is 10.4. The third kappa shape index (κ3) is 2770. The standard InChI is InChI=1S/Mg.2Mn.8O/q+2;;;;;;;;;2*-1. The van der Waals surface area contributed by atoms with E-state index in [2.05, 4.69) is 0 Å². The van der Waals surface area contributed by atoms with Gasteiger partial charge in [-0.3, -0.25) is 0 Å². The molecule has 0 fully saturated rings. The molecule has 0 unspecified atom stereocenters. The summed E-state index contributed by atoms with van der Waals surface area (Å²) in [7, 11) is 0. The van der Waals surface area contributed by atoms with Crippen molar-refractivity contribution in [1.82, 2.24) is 0 Å². The first-order valence-corrected chi connectivity index (χ1v) is 5.09. The molecule has 0 atom stereocenters. The van der Waals surface area contributed by atoms with E-state index in [0.29, 0.717) is 0 Å². The summed E-state index contributed by atoms with van der Waals surface area (Å²) in [6.07, 6.45) is 0. The fourth-order valence-corrected chi connectivity index (χ4v) is 0. The molecule has 0 aromatic heterocycles. The van der Waals surface area contributed by atoms with Crippen LogP contribution in [-0.2, 0) is 48.9 Å². The van der Waals surface area contributed by atoms with Crippen LogP contribution in [0.25, 0.3) is 0 Å². The van der Waals surface area contributed by atoms with E-state index in [0.717, 1.165) is 0 Å². The van der Waals surface area contributed by atoms with Crippen LogP contribution in [0, 0.1) is 0 Å². The Hall–Kier alpha value is 0.525. The molecule has 0 heterocycles. The second-order valence-electron chi connectivity index (χ2n) is 0.756. The van der Waals surface area contributed by atoms with Gasteiger partial charge in [-0.2, -0.15) is 0 Å². The molecule has 11 heavy (non-hydrogen) atoms. The Bertz CT molecular complexity index is 296. The van der Waals surface area contributed by atoms with Crippen LogP contribution >= 0.6 is 0 Å². The third-order valence-corrected chi connectivity index (χ3v) is 0. The zero-order valence-corrected chi connectivity index (χ0v) is 8.50. The maximum atomic E-state index is 8.58. The first-order chi connectivity index (χ1) is 4.00. The van der Waals surface area contributed by atoms with E-state index in [1.807, 2.05) is 0 Å². The van der Waals surface area contributed by atoms with Crippen molar-refractivity contribution in [3.8, 4) is 0 Å². The number of hydrogen-bond acceptors (Lipinski definition) is 8. The van der Waals surface area contributed by atoms with Gasteiger partial charge in [0.1, 0.15) is 0 Å². The number of hydrogen-bond donors (Lipinski definition) is 0. The molecule has 0 aromatic rings. The molecular weight excluding hydrogens is 262 g/mol. The van der Waals surface area contributed by atoms with Crippen molar-refractivity contribution in [1.29, 1.82) is 0 Å². The summed E-state index contributed by atoms with van der Waals surface area (Å²) in [6.45, 7) is 0. The van der Waals surface area contributed by atoms with Crippen molar-refractivity contribution in [3.05, 3.63) is 0 Å². The van der Waals surface area contributed by atoms with Gasteiger partial charge in [-0.25, -0.2) is 0 Å². The quantitative estimate of drug-likeness (QED) is 0.408. The molecule has 0 saturated heterocycles. The Balaban J connectivity index is -0.000000107. The zero-order chi connectivity index (χ0) is 9.00. The second kappa shape index (κ2) is 6.09. The second-order valence-corrected chi connectivity index (χ2v) is 3.12. The Labute approximate surface area is 80.1 Å². The summed E-state index contributed by atoms with van der Waals surface area (Å²) < 4.78 is 68.6. The average molecular weight is 262 g/mol. The fourth-order valence-electron chi connectivity index (χ4n) is 0. The van der Waals surface area contributed by atoms with E-state index >= 15 is 0 Å². The molecule has 0 rings (SSSR count). The molecule has 64 valence electrons. The van der Waals surface area contributed by atoms with Crippen LogP contribution in [0.1, 0.15) is 0 Å². The van der Waals surface area contributed by atoms with E-state index in [1.165, 1.54) is 0 Å². The average Bonchev–Trinajstić information content (AvgIpc) is 1.12. The van der Waals surface area contributed by atoms with Crippen molar-refractivity contribution in [3.63, 3.8) is 0 Å². The van der Waals surface area contributed by atoms with Gasteiger partial charge in [0.2, 0.25) is 0 Å². The Kier molecular flexibility index (Phi) is 9.72. The molecule has 0 aliphatic heterocycles. The Morgan fingerprint density at radius 3 is 0.636 bits per heavy atom. The van der Waals surface area contributed by atoms with Gasteiger partial charge in [-0.15, -0.1) is 0 Å². The summed E-state index contributed by atoms with van der Waals surface area (Å²) in [4.78, 5) is 0. The summed E-state index contributed by atoms with van der Waals surface area (Å²) in [5, 5.41) is 0. The van der Waals surface area contributed by atoms with Crippen molar-refractivity contribution < 1.29 is 57.3 Å². The molecular formula is MgMn2O8.